The topological polar surface area (TPSA) is 35.5 Å². The van der Waals surface area contributed by atoms with E-state index in [-0.39, 0.29) is 18.3 Å². The maximum atomic E-state index is 11.3. The Labute approximate surface area is 122 Å². The number of hydrogen-bond acceptors (Lipinski definition) is 3. The monoisotopic (exact) mass is 278 g/mol. The van der Waals surface area contributed by atoms with Crippen molar-refractivity contribution >= 4 is 5.78 Å². The van der Waals surface area contributed by atoms with Gasteiger partial charge in [-0.25, -0.2) is 0 Å². The third-order valence-electron chi connectivity index (χ3n) is 3.18. The third kappa shape index (κ3) is 6.31. The van der Waals surface area contributed by atoms with Crippen molar-refractivity contribution in [2.24, 2.45) is 5.92 Å². The lowest BCUT2D eigenvalue weighted by atomic mass is 10.0. The van der Waals surface area contributed by atoms with Crippen molar-refractivity contribution in [3.63, 3.8) is 0 Å². The van der Waals surface area contributed by atoms with Gasteiger partial charge in [0.15, 0.2) is 5.78 Å². The summed E-state index contributed by atoms with van der Waals surface area (Å²) in [5, 5.41) is 0. The molecule has 3 heteroatoms. The van der Waals surface area contributed by atoms with Crippen LogP contribution in [0, 0.1) is 5.92 Å². The maximum Gasteiger partial charge on any atom is 0.160 e. The highest BCUT2D eigenvalue weighted by atomic mass is 16.5. The summed E-state index contributed by atoms with van der Waals surface area (Å²) in [6.07, 6.45) is 0. The first-order valence-electron chi connectivity index (χ1n) is 7.27. The fraction of sp³-hybridized carbons (Fsp3) is 0.588. The maximum absolute atomic E-state index is 11.3. The summed E-state index contributed by atoms with van der Waals surface area (Å²) in [6, 6.07) is 8.47. The SMILES string of the molecule is CC(C)C(=O)COCCOCc1ccc(C(C)C)cc1. The molecular formula is C17H26O3. The van der Waals surface area contributed by atoms with E-state index in [9.17, 15) is 4.79 Å². The van der Waals surface area contributed by atoms with Crippen LogP contribution in [0.3, 0.4) is 0 Å². The van der Waals surface area contributed by atoms with Crippen LogP contribution in [0.4, 0.5) is 0 Å². The molecule has 20 heavy (non-hydrogen) atoms. The molecule has 0 fully saturated rings. The molecule has 0 N–H and O–H groups in total. The number of ketones is 1. The van der Waals surface area contributed by atoms with Gasteiger partial charge in [-0.15, -0.1) is 0 Å². The molecule has 0 unspecified atom stereocenters. The Morgan fingerprint density at radius 3 is 2.15 bits per heavy atom. The molecular weight excluding hydrogens is 252 g/mol. The lowest BCUT2D eigenvalue weighted by molar-refractivity contribution is -0.127. The molecule has 0 aromatic heterocycles. The summed E-state index contributed by atoms with van der Waals surface area (Å²) >= 11 is 0. The van der Waals surface area contributed by atoms with E-state index >= 15 is 0 Å². The van der Waals surface area contributed by atoms with E-state index in [1.54, 1.807) is 0 Å². The highest BCUT2D eigenvalue weighted by Crippen LogP contribution is 2.14. The third-order valence-corrected chi connectivity index (χ3v) is 3.18. The van der Waals surface area contributed by atoms with Gasteiger partial charge in [-0.3, -0.25) is 4.79 Å². The average Bonchev–Trinajstić information content (AvgIpc) is 2.42. The number of hydrogen-bond donors (Lipinski definition) is 0. The van der Waals surface area contributed by atoms with E-state index in [1.165, 1.54) is 5.56 Å². The van der Waals surface area contributed by atoms with E-state index in [0.717, 1.165) is 5.56 Å². The normalized spacial score (nSPS) is 11.3. The predicted molar refractivity (Wildman–Crippen MR) is 80.9 cm³/mol. The fourth-order valence-electron chi connectivity index (χ4n) is 1.65. The molecule has 0 amide bonds. The number of carbonyl (C=O) groups is 1. The van der Waals surface area contributed by atoms with Crippen LogP contribution < -0.4 is 0 Å². The minimum Gasteiger partial charge on any atom is -0.374 e. The summed E-state index contributed by atoms with van der Waals surface area (Å²) in [4.78, 5) is 11.3. The molecule has 0 heterocycles. The number of Topliss-reactive ketones (excluding diaryl/α,β-unsaturated/α-hetero) is 1. The molecule has 3 nitrogen and oxygen atoms in total. The molecule has 0 aliphatic rings. The van der Waals surface area contributed by atoms with E-state index in [1.807, 2.05) is 13.8 Å². The average molecular weight is 278 g/mol. The fourth-order valence-corrected chi connectivity index (χ4v) is 1.65. The molecule has 0 saturated carbocycles. The summed E-state index contributed by atoms with van der Waals surface area (Å²) in [5.74, 6) is 0.724. The van der Waals surface area contributed by atoms with Gasteiger partial charge in [-0.2, -0.15) is 0 Å². The van der Waals surface area contributed by atoms with Crippen LogP contribution in [-0.2, 0) is 20.9 Å². The predicted octanol–water partition coefficient (Wildman–Crippen LogP) is 3.57. The molecule has 0 atom stereocenters. The molecule has 0 saturated heterocycles. The summed E-state index contributed by atoms with van der Waals surface area (Å²) in [5.41, 5.74) is 2.50. The van der Waals surface area contributed by atoms with Gasteiger partial charge >= 0.3 is 0 Å². The van der Waals surface area contributed by atoms with Crippen molar-refractivity contribution in [3.05, 3.63) is 35.4 Å². The minimum atomic E-state index is 0.0374. The highest BCUT2D eigenvalue weighted by molar-refractivity contribution is 5.81. The zero-order valence-corrected chi connectivity index (χ0v) is 13.0. The lowest BCUT2D eigenvalue weighted by Gasteiger charge is -2.08. The zero-order valence-electron chi connectivity index (χ0n) is 13.0. The molecule has 1 aromatic carbocycles. The van der Waals surface area contributed by atoms with Crippen molar-refractivity contribution in [2.45, 2.75) is 40.2 Å². The first-order chi connectivity index (χ1) is 9.50. The van der Waals surface area contributed by atoms with Gasteiger partial charge in [0.1, 0.15) is 6.61 Å². The van der Waals surface area contributed by atoms with Crippen molar-refractivity contribution < 1.29 is 14.3 Å². The Bertz CT molecular complexity index is 393. The van der Waals surface area contributed by atoms with Crippen molar-refractivity contribution in [1.29, 1.82) is 0 Å². The second-order valence-corrected chi connectivity index (χ2v) is 5.62. The molecule has 0 aliphatic carbocycles. The first kappa shape index (κ1) is 16.9. The Morgan fingerprint density at radius 2 is 1.60 bits per heavy atom. The Hall–Kier alpha value is -1.19. The van der Waals surface area contributed by atoms with Crippen molar-refractivity contribution in [3.8, 4) is 0 Å². The number of carbonyl (C=O) groups excluding carboxylic acids is 1. The van der Waals surface area contributed by atoms with Gasteiger partial charge in [-0.1, -0.05) is 52.0 Å². The molecule has 1 aromatic rings. The van der Waals surface area contributed by atoms with Crippen LogP contribution in [-0.4, -0.2) is 25.6 Å². The highest BCUT2D eigenvalue weighted by Gasteiger charge is 2.06. The van der Waals surface area contributed by atoms with Gasteiger partial charge < -0.3 is 9.47 Å². The summed E-state index contributed by atoms with van der Waals surface area (Å²) in [6.45, 7) is 9.86. The molecule has 1 rings (SSSR count). The van der Waals surface area contributed by atoms with E-state index < -0.39 is 0 Å². The van der Waals surface area contributed by atoms with Crippen LogP contribution in [0.2, 0.25) is 0 Å². The van der Waals surface area contributed by atoms with Crippen LogP contribution in [0.25, 0.3) is 0 Å². The largest absolute Gasteiger partial charge is 0.374 e. The summed E-state index contributed by atoms with van der Waals surface area (Å²) in [7, 11) is 0. The van der Waals surface area contributed by atoms with Gasteiger partial charge in [0.25, 0.3) is 0 Å². The first-order valence-corrected chi connectivity index (χ1v) is 7.27. The van der Waals surface area contributed by atoms with E-state index in [4.69, 9.17) is 9.47 Å². The molecule has 112 valence electrons. The smallest absolute Gasteiger partial charge is 0.160 e. The Morgan fingerprint density at radius 1 is 1.00 bits per heavy atom. The standard InChI is InChI=1S/C17H26O3/c1-13(2)16-7-5-15(6-8-16)11-19-9-10-20-12-17(18)14(3)4/h5-8,13-14H,9-12H2,1-4H3. The van der Waals surface area contributed by atoms with Gasteiger partial charge in [0.2, 0.25) is 0 Å². The second kappa shape index (κ2) is 8.88. The minimum absolute atomic E-state index is 0.0374. The molecule has 0 radical (unpaired) electrons. The van der Waals surface area contributed by atoms with Crippen LogP contribution in [0.1, 0.15) is 44.7 Å². The van der Waals surface area contributed by atoms with Crippen LogP contribution in [0.5, 0.6) is 0 Å². The number of ether oxygens (including phenoxy) is 2. The van der Waals surface area contributed by atoms with Crippen LogP contribution in [0.15, 0.2) is 24.3 Å². The Balaban J connectivity index is 2.14. The van der Waals surface area contributed by atoms with Crippen molar-refractivity contribution in [1.82, 2.24) is 0 Å². The molecule has 0 spiro atoms. The lowest BCUT2D eigenvalue weighted by Crippen LogP contribution is -2.16. The summed E-state index contributed by atoms with van der Waals surface area (Å²) < 4.78 is 10.8. The zero-order chi connectivity index (χ0) is 15.0. The second-order valence-electron chi connectivity index (χ2n) is 5.62. The van der Waals surface area contributed by atoms with Gasteiger partial charge in [0.05, 0.1) is 19.8 Å². The van der Waals surface area contributed by atoms with E-state index in [2.05, 4.69) is 38.1 Å². The Kier molecular flexibility index (Phi) is 7.48. The quantitative estimate of drug-likeness (QED) is 0.648. The molecule has 0 aliphatic heterocycles. The number of rotatable bonds is 9. The molecule has 0 bridgehead atoms. The van der Waals surface area contributed by atoms with Crippen molar-refractivity contribution in [2.75, 3.05) is 19.8 Å². The van der Waals surface area contributed by atoms with Gasteiger partial charge in [-0.05, 0) is 17.0 Å². The van der Waals surface area contributed by atoms with Crippen LogP contribution >= 0.6 is 0 Å². The van der Waals surface area contributed by atoms with E-state index in [0.29, 0.717) is 25.7 Å². The van der Waals surface area contributed by atoms with Gasteiger partial charge in [0, 0.05) is 5.92 Å². The number of benzene rings is 1.